The van der Waals surface area contributed by atoms with E-state index in [9.17, 15) is 9.90 Å². The summed E-state index contributed by atoms with van der Waals surface area (Å²) in [5.74, 6) is 0.603. The van der Waals surface area contributed by atoms with Crippen LogP contribution in [0.3, 0.4) is 0 Å². The first-order valence-electron chi connectivity index (χ1n) is 13.9. The van der Waals surface area contributed by atoms with Crippen LogP contribution in [0.2, 0.25) is 0 Å². The molecule has 6 aromatic rings. The SMILES string of the molecule is O=c1n(Cc2ccc(-c3ccccc3-c3nn[nH]n3)cc2)c(Cc2c[nH]c3ccccc23)c(O)n1C1CCNCC1. The highest BCUT2D eigenvalue weighted by Crippen LogP contribution is 2.32. The number of aromatic amines is 2. The average molecular weight is 547 g/mol. The fourth-order valence-corrected chi connectivity index (χ4v) is 5.96. The number of hydrogen-bond acceptors (Lipinski definition) is 6. The van der Waals surface area contributed by atoms with Crippen LogP contribution in [0.15, 0.2) is 83.8 Å². The molecule has 1 aliphatic rings. The zero-order valence-corrected chi connectivity index (χ0v) is 22.4. The van der Waals surface area contributed by atoms with Crippen LogP contribution in [0.4, 0.5) is 0 Å². The van der Waals surface area contributed by atoms with Gasteiger partial charge in [0.25, 0.3) is 0 Å². The summed E-state index contributed by atoms with van der Waals surface area (Å²) < 4.78 is 3.35. The van der Waals surface area contributed by atoms with Gasteiger partial charge in [0, 0.05) is 35.1 Å². The number of nitrogens with zero attached hydrogens (tertiary/aromatic N) is 5. The van der Waals surface area contributed by atoms with Crippen molar-refractivity contribution in [3.63, 3.8) is 0 Å². The van der Waals surface area contributed by atoms with E-state index in [4.69, 9.17) is 0 Å². The highest BCUT2D eigenvalue weighted by atomic mass is 16.3. The number of aromatic hydroxyl groups is 1. The van der Waals surface area contributed by atoms with Gasteiger partial charge in [0.2, 0.25) is 11.7 Å². The van der Waals surface area contributed by atoms with Gasteiger partial charge in [0.15, 0.2) is 0 Å². The number of para-hydroxylation sites is 1. The summed E-state index contributed by atoms with van der Waals surface area (Å²) in [6.45, 7) is 2.01. The van der Waals surface area contributed by atoms with Gasteiger partial charge in [-0.3, -0.25) is 9.13 Å². The van der Waals surface area contributed by atoms with Crippen LogP contribution in [0.5, 0.6) is 5.88 Å². The number of hydrogen-bond donors (Lipinski definition) is 4. The molecule has 3 aromatic carbocycles. The van der Waals surface area contributed by atoms with E-state index >= 15 is 0 Å². The van der Waals surface area contributed by atoms with Crippen molar-refractivity contribution in [1.82, 2.24) is 40.1 Å². The molecular formula is C31H30N8O2. The van der Waals surface area contributed by atoms with Crippen LogP contribution in [-0.4, -0.2) is 52.9 Å². The quantitative estimate of drug-likeness (QED) is 0.237. The molecule has 41 heavy (non-hydrogen) atoms. The third-order valence-electron chi connectivity index (χ3n) is 8.07. The molecule has 206 valence electrons. The normalized spacial score (nSPS) is 14.1. The molecule has 10 heteroatoms. The van der Waals surface area contributed by atoms with E-state index in [-0.39, 0.29) is 17.6 Å². The van der Waals surface area contributed by atoms with Gasteiger partial charge in [0.05, 0.1) is 12.2 Å². The fraction of sp³-hybridized carbons (Fsp3) is 0.226. The standard InChI is InChI=1S/C31H30N8O2/c40-30-28(17-22-18-33-27-8-4-3-6-25(22)27)38(31(41)39(30)23-13-15-32-16-14-23)19-20-9-11-21(12-10-20)24-5-1-2-7-26(24)29-34-36-37-35-29/h1-12,18,23,32-33,40H,13-17,19H2,(H,34,35,36,37). The lowest BCUT2D eigenvalue weighted by molar-refractivity contribution is 0.316. The Kier molecular flexibility index (Phi) is 6.44. The topological polar surface area (TPSA) is 129 Å². The summed E-state index contributed by atoms with van der Waals surface area (Å²) >= 11 is 0. The zero-order chi connectivity index (χ0) is 27.8. The molecule has 0 radical (unpaired) electrons. The lowest BCUT2D eigenvalue weighted by atomic mass is 9.98. The number of aromatic nitrogens is 7. The van der Waals surface area contributed by atoms with Gasteiger partial charge < -0.3 is 15.4 Å². The molecule has 10 nitrogen and oxygen atoms in total. The maximum absolute atomic E-state index is 13.9. The largest absolute Gasteiger partial charge is 0.493 e. The van der Waals surface area contributed by atoms with Gasteiger partial charge >= 0.3 is 5.69 Å². The third-order valence-corrected chi connectivity index (χ3v) is 8.07. The van der Waals surface area contributed by atoms with Gasteiger partial charge in [-0.25, -0.2) is 4.79 Å². The Balaban J connectivity index is 1.25. The maximum atomic E-state index is 13.9. The second-order valence-electron chi connectivity index (χ2n) is 10.5. The Bertz CT molecular complexity index is 1860. The van der Waals surface area contributed by atoms with E-state index in [2.05, 4.69) is 37.0 Å². The highest BCUT2D eigenvalue weighted by molar-refractivity contribution is 5.83. The Morgan fingerprint density at radius 1 is 0.927 bits per heavy atom. The van der Waals surface area contributed by atoms with E-state index in [1.165, 1.54) is 0 Å². The number of fused-ring (bicyclic) bond motifs is 1. The minimum atomic E-state index is -0.171. The molecule has 0 saturated carbocycles. The molecule has 0 spiro atoms. The predicted molar refractivity (Wildman–Crippen MR) is 157 cm³/mol. The van der Waals surface area contributed by atoms with Crippen molar-refractivity contribution in [2.24, 2.45) is 0 Å². The predicted octanol–water partition coefficient (Wildman–Crippen LogP) is 4.25. The Morgan fingerprint density at radius 2 is 1.68 bits per heavy atom. The van der Waals surface area contributed by atoms with E-state index in [1.807, 2.05) is 72.9 Å². The first-order chi connectivity index (χ1) is 20.2. The van der Waals surface area contributed by atoms with Crippen LogP contribution in [0, 0.1) is 0 Å². The molecule has 7 rings (SSSR count). The van der Waals surface area contributed by atoms with E-state index in [0.29, 0.717) is 24.5 Å². The van der Waals surface area contributed by atoms with Crippen LogP contribution < -0.4 is 11.0 Å². The van der Waals surface area contributed by atoms with Crippen LogP contribution in [0.25, 0.3) is 33.4 Å². The molecule has 0 atom stereocenters. The van der Waals surface area contributed by atoms with Crippen molar-refractivity contribution in [3.05, 3.63) is 106 Å². The number of tetrazole rings is 1. The van der Waals surface area contributed by atoms with Gasteiger partial charge in [-0.15, -0.1) is 10.2 Å². The average Bonchev–Trinajstić information content (AvgIpc) is 3.75. The van der Waals surface area contributed by atoms with Crippen molar-refractivity contribution >= 4 is 10.9 Å². The summed E-state index contributed by atoms with van der Waals surface area (Å²) in [5, 5.41) is 30.4. The van der Waals surface area contributed by atoms with Crippen LogP contribution >= 0.6 is 0 Å². The Hall–Kier alpha value is -4.96. The summed E-state index contributed by atoms with van der Waals surface area (Å²) in [6.07, 6.45) is 4.02. The van der Waals surface area contributed by atoms with Gasteiger partial charge in [-0.2, -0.15) is 5.21 Å². The molecule has 1 saturated heterocycles. The van der Waals surface area contributed by atoms with Crippen molar-refractivity contribution in [2.45, 2.75) is 31.8 Å². The maximum Gasteiger partial charge on any atom is 0.331 e. The Labute approximate surface area is 235 Å². The molecule has 4 heterocycles. The van der Waals surface area contributed by atoms with Gasteiger partial charge in [-0.1, -0.05) is 66.7 Å². The first-order valence-corrected chi connectivity index (χ1v) is 13.9. The first kappa shape index (κ1) is 25.0. The molecule has 0 amide bonds. The van der Waals surface area contributed by atoms with Crippen molar-refractivity contribution in [2.75, 3.05) is 13.1 Å². The monoisotopic (exact) mass is 546 g/mol. The fourth-order valence-electron chi connectivity index (χ4n) is 5.96. The summed E-state index contributed by atoms with van der Waals surface area (Å²) in [4.78, 5) is 17.2. The molecule has 0 unspecified atom stereocenters. The second-order valence-corrected chi connectivity index (χ2v) is 10.5. The number of imidazole rings is 1. The Morgan fingerprint density at radius 3 is 2.46 bits per heavy atom. The molecule has 0 aliphatic carbocycles. The number of piperidine rings is 1. The minimum Gasteiger partial charge on any atom is -0.493 e. The lowest BCUT2D eigenvalue weighted by Crippen LogP contribution is -2.35. The van der Waals surface area contributed by atoms with Crippen LogP contribution in [-0.2, 0) is 13.0 Å². The minimum absolute atomic E-state index is 0.0317. The van der Waals surface area contributed by atoms with E-state index < -0.39 is 0 Å². The third kappa shape index (κ3) is 4.62. The lowest BCUT2D eigenvalue weighted by Gasteiger charge is -2.23. The summed E-state index contributed by atoms with van der Waals surface area (Å²) in [7, 11) is 0. The molecule has 3 aromatic heterocycles. The molecular weight excluding hydrogens is 516 g/mol. The molecule has 0 bridgehead atoms. The summed E-state index contributed by atoms with van der Waals surface area (Å²) in [6, 6.07) is 24.1. The zero-order valence-electron chi connectivity index (χ0n) is 22.4. The number of nitrogens with one attached hydrogen (secondary N) is 3. The van der Waals surface area contributed by atoms with Crippen LogP contribution in [0.1, 0.15) is 35.7 Å². The van der Waals surface area contributed by atoms with Gasteiger partial charge in [-0.05, 0) is 59.5 Å². The number of benzene rings is 3. The second kappa shape index (κ2) is 10.5. The van der Waals surface area contributed by atoms with Crippen molar-refractivity contribution in [1.29, 1.82) is 0 Å². The van der Waals surface area contributed by atoms with Crippen molar-refractivity contribution in [3.8, 4) is 28.4 Å². The molecule has 1 aliphatic heterocycles. The molecule has 1 fully saturated rings. The highest BCUT2D eigenvalue weighted by Gasteiger charge is 2.27. The van der Waals surface area contributed by atoms with E-state index in [1.54, 1.807) is 9.13 Å². The van der Waals surface area contributed by atoms with Gasteiger partial charge in [0.1, 0.15) is 0 Å². The van der Waals surface area contributed by atoms with E-state index in [0.717, 1.165) is 64.7 Å². The molecule has 4 N–H and O–H groups in total. The van der Waals surface area contributed by atoms with Crippen molar-refractivity contribution < 1.29 is 5.11 Å². The number of rotatable bonds is 7. The smallest absolute Gasteiger partial charge is 0.331 e. The number of H-pyrrole nitrogens is 2. The summed E-state index contributed by atoms with van der Waals surface area (Å²) in [5.41, 5.74) is 6.39.